The van der Waals surface area contributed by atoms with Gasteiger partial charge in [0, 0.05) is 40.9 Å². The molecule has 1 aliphatic rings. The summed E-state index contributed by atoms with van der Waals surface area (Å²) >= 11 is 3.30. The van der Waals surface area contributed by atoms with Crippen molar-refractivity contribution >= 4 is 45.2 Å². The van der Waals surface area contributed by atoms with Crippen LogP contribution in [-0.2, 0) is 4.79 Å². The van der Waals surface area contributed by atoms with Gasteiger partial charge in [0.2, 0.25) is 5.91 Å². The molecule has 3 aromatic rings. The Bertz CT molecular complexity index is 1110. The first-order valence-electron chi connectivity index (χ1n) is 10.2. The summed E-state index contributed by atoms with van der Waals surface area (Å²) in [6.45, 7) is 0.973. The number of anilines is 2. The molecule has 0 atom stereocenters. The number of rotatable bonds is 5. The molecule has 2 aromatic heterocycles. The minimum absolute atomic E-state index is 0.123. The smallest absolute Gasteiger partial charge is 0.289 e. The molecule has 0 unspecified atom stereocenters. The highest BCUT2D eigenvalue weighted by molar-refractivity contribution is 9.10. The normalized spacial score (nSPS) is 14.1. The van der Waals surface area contributed by atoms with Gasteiger partial charge in [-0.05, 0) is 71.2 Å². The van der Waals surface area contributed by atoms with Gasteiger partial charge in [-0.2, -0.15) is 0 Å². The molecule has 1 fully saturated rings. The van der Waals surface area contributed by atoms with E-state index >= 15 is 0 Å². The molecule has 32 heavy (non-hydrogen) atoms. The number of aromatic nitrogens is 1. The fourth-order valence-electron chi connectivity index (χ4n) is 3.52. The van der Waals surface area contributed by atoms with Gasteiger partial charge in [-0.1, -0.05) is 6.07 Å². The highest BCUT2D eigenvalue weighted by Gasteiger charge is 2.28. The maximum absolute atomic E-state index is 12.7. The molecule has 2 N–H and O–H groups in total. The van der Waals surface area contributed by atoms with E-state index in [1.165, 1.54) is 6.26 Å². The Balaban J connectivity index is 1.32. The van der Waals surface area contributed by atoms with Crippen LogP contribution in [0, 0.1) is 5.92 Å². The maximum atomic E-state index is 12.7. The number of furan rings is 1. The van der Waals surface area contributed by atoms with Crippen LogP contribution >= 0.6 is 15.9 Å². The summed E-state index contributed by atoms with van der Waals surface area (Å²) in [6.07, 6.45) is 4.19. The predicted molar refractivity (Wildman–Crippen MR) is 122 cm³/mol. The molecule has 3 heterocycles. The molecule has 4 rings (SSSR count). The van der Waals surface area contributed by atoms with E-state index in [4.69, 9.17) is 4.42 Å². The lowest BCUT2D eigenvalue weighted by Gasteiger charge is -2.30. The molecule has 0 spiro atoms. The summed E-state index contributed by atoms with van der Waals surface area (Å²) in [5, 5.41) is 5.61. The average molecular weight is 497 g/mol. The third kappa shape index (κ3) is 5.23. The van der Waals surface area contributed by atoms with E-state index in [0.29, 0.717) is 48.8 Å². The van der Waals surface area contributed by atoms with Crippen molar-refractivity contribution in [2.75, 3.05) is 23.7 Å². The van der Waals surface area contributed by atoms with Crippen molar-refractivity contribution in [1.82, 2.24) is 9.88 Å². The van der Waals surface area contributed by atoms with Gasteiger partial charge in [0.25, 0.3) is 11.8 Å². The standard InChI is InChI=1S/C23H21BrN4O4/c24-17-6-7-20(25-14-17)27-22(30)16-3-1-4-18(13-16)26-21(29)15-8-10-28(11-9-15)23(31)19-5-2-12-32-19/h1-7,12-15H,8-11H2,(H,26,29)(H,25,27,30). The molecule has 0 aliphatic carbocycles. The molecule has 8 nitrogen and oxygen atoms in total. The van der Waals surface area contributed by atoms with E-state index in [9.17, 15) is 14.4 Å². The SMILES string of the molecule is O=C(Nc1ccc(Br)cn1)c1cccc(NC(=O)C2CCN(C(=O)c3ccco3)CC2)c1. The summed E-state index contributed by atoms with van der Waals surface area (Å²) in [5.74, 6) is -0.0688. The average Bonchev–Trinajstić information content (AvgIpc) is 3.35. The Morgan fingerprint density at radius 2 is 1.84 bits per heavy atom. The van der Waals surface area contributed by atoms with Gasteiger partial charge in [0.1, 0.15) is 5.82 Å². The number of hydrogen-bond acceptors (Lipinski definition) is 5. The van der Waals surface area contributed by atoms with Crippen LogP contribution < -0.4 is 10.6 Å². The molecular formula is C23H21BrN4O4. The molecule has 0 radical (unpaired) electrons. The van der Waals surface area contributed by atoms with Crippen molar-refractivity contribution in [2.24, 2.45) is 5.92 Å². The zero-order valence-electron chi connectivity index (χ0n) is 17.1. The van der Waals surface area contributed by atoms with Crippen molar-refractivity contribution in [3.05, 3.63) is 76.8 Å². The van der Waals surface area contributed by atoms with E-state index in [1.54, 1.807) is 59.6 Å². The summed E-state index contributed by atoms with van der Waals surface area (Å²) in [4.78, 5) is 43.4. The van der Waals surface area contributed by atoms with E-state index in [-0.39, 0.29) is 23.6 Å². The molecule has 9 heteroatoms. The molecule has 0 saturated carbocycles. The van der Waals surface area contributed by atoms with Crippen LogP contribution in [0.5, 0.6) is 0 Å². The topological polar surface area (TPSA) is 105 Å². The quantitative estimate of drug-likeness (QED) is 0.551. The second kappa shape index (κ2) is 9.78. The number of piperidine rings is 1. The van der Waals surface area contributed by atoms with Gasteiger partial charge in [-0.3, -0.25) is 14.4 Å². The number of nitrogens with zero attached hydrogens (tertiary/aromatic N) is 2. The van der Waals surface area contributed by atoms with E-state index < -0.39 is 0 Å². The number of carbonyl (C=O) groups is 3. The zero-order chi connectivity index (χ0) is 22.5. The number of amides is 3. The molecule has 1 aliphatic heterocycles. The molecule has 1 saturated heterocycles. The van der Waals surface area contributed by atoms with E-state index in [2.05, 4.69) is 31.5 Å². The van der Waals surface area contributed by atoms with Crippen LogP contribution in [0.1, 0.15) is 33.8 Å². The number of hydrogen-bond donors (Lipinski definition) is 2. The summed E-state index contributed by atoms with van der Waals surface area (Å²) in [6, 6.07) is 13.5. The van der Waals surface area contributed by atoms with Crippen LogP contribution in [0.3, 0.4) is 0 Å². The first kappa shape index (κ1) is 21.8. The van der Waals surface area contributed by atoms with Crippen LogP contribution in [0.25, 0.3) is 0 Å². The van der Waals surface area contributed by atoms with Crippen molar-refractivity contribution in [3.63, 3.8) is 0 Å². The Labute approximate surface area is 193 Å². The first-order valence-corrected chi connectivity index (χ1v) is 11.0. The van der Waals surface area contributed by atoms with Gasteiger partial charge in [-0.15, -0.1) is 0 Å². The van der Waals surface area contributed by atoms with E-state index in [0.717, 1.165) is 4.47 Å². The first-order chi connectivity index (χ1) is 15.5. The Kier molecular flexibility index (Phi) is 6.65. The molecule has 1 aromatic carbocycles. The van der Waals surface area contributed by atoms with Crippen LogP contribution in [-0.4, -0.2) is 40.7 Å². The Morgan fingerprint density at radius 1 is 1.03 bits per heavy atom. The van der Waals surface area contributed by atoms with Gasteiger partial charge in [-0.25, -0.2) is 4.98 Å². The Hall–Kier alpha value is -3.46. The number of halogens is 1. The lowest BCUT2D eigenvalue weighted by molar-refractivity contribution is -0.121. The number of likely N-dealkylation sites (tertiary alicyclic amines) is 1. The summed E-state index contributed by atoms with van der Waals surface area (Å²) in [7, 11) is 0. The fraction of sp³-hybridized carbons (Fsp3) is 0.217. The van der Waals surface area contributed by atoms with Crippen LogP contribution in [0.4, 0.5) is 11.5 Å². The third-order valence-corrected chi connectivity index (χ3v) is 5.72. The highest BCUT2D eigenvalue weighted by atomic mass is 79.9. The zero-order valence-corrected chi connectivity index (χ0v) is 18.7. The predicted octanol–water partition coefficient (Wildman–Crippen LogP) is 4.18. The molecular weight excluding hydrogens is 476 g/mol. The molecule has 0 bridgehead atoms. The van der Waals surface area contributed by atoms with Crippen LogP contribution in [0.15, 0.2) is 69.9 Å². The van der Waals surface area contributed by atoms with Crippen molar-refractivity contribution in [3.8, 4) is 0 Å². The maximum Gasteiger partial charge on any atom is 0.289 e. The number of nitrogens with one attached hydrogen (secondary N) is 2. The lowest BCUT2D eigenvalue weighted by Crippen LogP contribution is -2.41. The Morgan fingerprint density at radius 3 is 2.53 bits per heavy atom. The molecule has 164 valence electrons. The minimum Gasteiger partial charge on any atom is -0.459 e. The monoisotopic (exact) mass is 496 g/mol. The number of carbonyl (C=O) groups excluding carboxylic acids is 3. The van der Waals surface area contributed by atoms with Gasteiger partial charge >= 0.3 is 0 Å². The number of pyridine rings is 1. The van der Waals surface area contributed by atoms with Gasteiger partial charge < -0.3 is 20.0 Å². The highest BCUT2D eigenvalue weighted by Crippen LogP contribution is 2.22. The largest absolute Gasteiger partial charge is 0.459 e. The van der Waals surface area contributed by atoms with Crippen LogP contribution in [0.2, 0.25) is 0 Å². The van der Waals surface area contributed by atoms with Crippen molar-refractivity contribution in [2.45, 2.75) is 12.8 Å². The summed E-state index contributed by atoms with van der Waals surface area (Å²) < 4.78 is 5.98. The van der Waals surface area contributed by atoms with Crippen molar-refractivity contribution in [1.29, 1.82) is 0 Å². The van der Waals surface area contributed by atoms with Gasteiger partial charge in [0.05, 0.1) is 6.26 Å². The lowest BCUT2D eigenvalue weighted by atomic mass is 9.95. The fourth-order valence-corrected chi connectivity index (χ4v) is 3.76. The third-order valence-electron chi connectivity index (χ3n) is 5.25. The van der Waals surface area contributed by atoms with Crippen molar-refractivity contribution < 1.29 is 18.8 Å². The summed E-state index contributed by atoms with van der Waals surface area (Å²) in [5.41, 5.74) is 0.951. The minimum atomic E-state index is -0.319. The number of benzene rings is 1. The van der Waals surface area contributed by atoms with E-state index in [1.807, 2.05) is 0 Å². The van der Waals surface area contributed by atoms with Gasteiger partial charge in [0.15, 0.2) is 5.76 Å². The second-order valence-electron chi connectivity index (χ2n) is 7.43. The molecule has 3 amide bonds. The second-order valence-corrected chi connectivity index (χ2v) is 8.35.